The van der Waals surface area contributed by atoms with Gasteiger partial charge in [0.05, 0.1) is 0 Å². The Bertz CT molecular complexity index is 15.7. The summed E-state index contributed by atoms with van der Waals surface area (Å²) in [5.74, 6) is 0. The maximum atomic E-state index is 0. The van der Waals surface area contributed by atoms with Gasteiger partial charge in [-0.05, 0) is 0 Å². The number of rotatable bonds is 0. The Morgan fingerprint density at radius 2 is 1.00 bits per heavy atom. The van der Waals surface area contributed by atoms with Crippen LogP contribution in [0.3, 0.4) is 0 Å². The fourth-order valence-electron chi connectivity index (χ4n) is 0. The van der Waals surface area contributed by atoms with Gasteiger partial charge in [0, 0.05) is 26.2 Å². The summed E-state index contributed by atoms with van der Waals surface area (Å²) in [6, 6.07) is 0. The zero-order valence-corrected chi connectivity index (χ0v) is 9.51. The van der Waals surface area contributed by atoms with E-state index in [1.54, 1.807) is 0 Å². The molecular formula is H7BaFO2Zr. The Kier molecular flexibility index (Phi) is 365. The second-order valence-electron chi connectivity index (χ2n) is 0. The van der Waals surface area contributed by atoms with Crippen molar-refractivity contribution in [2.45, 2.75) is 0 Å². The van der Waals surface area contributed by atoms with E-state index < -0.39 is 0 Å². The maximum absolute atomic E-state index is 0. The minimum Gasteiger partial charge on any atom is -1.00 e. The van der Waals surface area contributed by atoms with Gasteiger partial charge in [0.15, 0.2) is 0 Å². The molecule has 0 aromatic rings. The van der Waals surface area contributed by atoms with Gasteiger partial charge in [0.2, 0.25) is 0 Å². The van der Waals surface area contributed by atoms with E-state index in [-0.39, 0.29) is 93.6 Å². The van der Waals surface area contributed by atoms with Crippen LogP contribution in [-0.4, -0.2) is 59.8 Å². The minimum absolute atomic E-state index is 0. The normalized spacial score (nSPS) is 0. The van der Waals surface area contributed by atoms with Gasteiger partial charge in [0.1, 0.15) is 0 Å². The molecule has 0 atom stereocenters. The molecular weight excluding hydrogens is 280 g/mol. The third-order valence-electron chi connectivity index (χ3n) is 0. The molecule has 2 nitrogen and oxygen atoms in total. The molecule has 32 valence electrons. The van der Waals surface area contributed by atoms with E-state index in [1.807, 2.05) is 0 Å². The number of halogens is 1. The van der Waals surface area contributed by atoms with E-state index in [0.29, 0.717) is 0 Å². The summed E-state index contributed by atoms with van der Waals surface area (Å²) in [5.41, 5.74) is 0. The summed E-state index contributed by atoms with van der Waals surface area (Å²) in [6.07, 6.45) is 0. The average Bonchev–Trinajstić information content (AvgIpc) is 0. The van der Waals surface area contributed by atoms with E-state index in [9.17, 15) is 0 Å². The van der Waals surface area contributed by atoms with Crippen molar-refractivity contribution >= 4 is 48.9 Å². The SMILES string of the molecule is F.O.O.[Ba+2].[H-].[H-].[Zr]. The molecule has 0 bridgehead atoms. The molecule has 0 heterocycles. The number of hydrogen-bond donors (Lipinski definition) is 0. The van der Waals surface area contributed by atoms with Crippen LogP contribution in [0.2, 0.25) is 0 Å². The topological polar surface area (TPSA) is 63.0 Å². The predicted octanol–water partition coefficient (Wildman–Crippen LogP) is -1.66. The first-order valence-corrected chi connectivity index (χ1v) is 0. The zero-order valence-electron chi connectivity index (χ0n) is 4.62. The number of hydrogen-bond acceptors (Lipinski definition) is 0. The first-order chi connectivity index (χ1) is 0. The first-order valence-electron chi connectivity index (χ1n) is 0. The van der Waals surface area contributed by atoms with Crippen molar-refractivity contribution in [1.29, 1.82) is 0 Å². The van der Waals surface area contributed by atoms with Crippen molar-refractivity contribution in [3.05, 3.63) is 0 Å². The molecule has 5 heavy (non-hydrogen) atoms. The molecule has 0 fully saturated rings. The third-order valence-corrected chi connectivity index (χ3v) is 0. The average molecular weight is 287 g/mol. The van der Waals surface area contributed by atoms with E-state index in [4.69, 9.17) is 0 Å². The quantitative estimate of drug-likeness (QED) is 0.479. The molecule has 0 aliphatic heterocycles. The molecule has 0 amide bonds. The van der Waals surface area contributed by atoms with Crippen LogP contribution in [0.15, 0.2) is 0 Å². The van der Waals surface area contributed by atoms with Crippen LogP contribution in [0.1, 0.15) is 2.85 Å². The molecule has 0 unspecified atom stereocenters. The Morgan fingerprint density at radius 3 is 1.00 bits per heavy atom. The van der Waals surface area contributed by atoms with Crippen molar-refractivity contribution in [3.63, 3.8) is 0 Å². The Hall–Kier alpha value is 2.30. The predicted molar refractivity (Wildman–Crippen MR) is 17.7 cm³/mol. The maximum Gasteiger partial charge on any atom is 2.00 e. The van der Waals surface area contributed by atoms with Crippen LogP contribution in [0.25, 0.3) is 0 Å². The molecule has 0 saturated heterocycles. The van der Waals surface area contributed by atoms with Crippen molar-refractivity contribution in [3.8, 4) is 0 Å². The van der Waals surface area contributed by atoms with Gasteiger partial charge >= 0.3 is 48.9 Å². The molecule has 4 N–H and O–H groups in total. The van der Waals surface area contributed by atoms with Gasteiger partial charge in [-0.25, -0.2) is 0 Å². The Labute approximate surface area is 91.9 Å². The van der Waals surface area contributed by atoms with E-state index in [0.717, 1.165) is 0 Å². The summed E-state index contributed by atoms with van der Waals surface area (Å²) < 4.78 is 0. The summed E-state index contributed by atoms with van der Waals surface area (Å²) in [6.45, 7) is 0. The van der Waals surface area contributed by atoms with Crippen LogP contribution < -0.4 is 0 Å². The molecule has 0 aliphatic rings. The third kappa shape index (κ3) is 22.0. The fraction of sp³-hybridized carbons (Fsp3) is 0. The second kappa shape index (κ2) is 33.4. The summed E-state index contributed by atoms with van der Waals surface area (Å²) in [7, 11) is 0. The van der Waals surface area contributed by atoms with Crippen LogP contribution in [0, 0.1) is 0 Å². The smallest absolute Gasteiger partial charge is 1.00 e. The largest absolute Gasteiger partial charge is 2.00 e. The van der Waals surface area contributed by atoms with Gasteiger partial charge < -0.3 is 13.8 Å². The second-order valence-corrected chi connectivity index (χ2v) is 0. The van der Waals surface area contributed by atoms with E-state index >= 15 is 0 Å². The summed E-state index contributed by atoms with van der Waals surface area (Å²) >= 11 is 0. The van der Waals surface area contributed by atoms with E-state index in [1.165, 1.54) is 0 Å². The van der Waals surface area contributed by atoms with Crippen LogP contribution in [-0.2, 0) is 26.2 Å². The van der Waals surface area contributed by atoms with Gasteiger partial charge in [-0.2, -0.15) is 0 Å². The van der Waals surface area contributed by atoms with Gasteiger partial charge in [-0.3, -0.25) is 4.70 Å². The minimum atomic E-state index is 0. The molecule has 0 aromatic heterocycles. The zero-order chi connectivity index (χ0) is 0. The molecule has 0 aliphatic carbocycles. The van der Waals surface area contributed by atoms with Gasteiger partial charge in [-0.1, -0.05) is 0 Å². The Balaban J connectivity index is 0. The summed E-state index contributed by atoms with van der Waals surface area (Å²) in [4.78, 5) is 0. The molecule has 0 radical (unpaired) electrons. The first kappa shape index (κ1) is 54.7. The van der Waals surface area contributed by atoms with Crippen LogP contribution >= 0.6 is 0 Å². The van der Waals surface area contributed by atoms with Crippen molar-refractivity contribution in [2.24, 2.45) is 0 Å². The molecule has 0 spiro atoms. The van der Waals surface area contributed by atoms with Crippen molar-refractivity contribution < 1.29 is 44.7 Å². The molecule has 0 aromatic carbocycles. The van der Waals surface area contributed by atoms with Crippen LogP contribution in [0.5, 0.6) is 0 Å². The molecule has 5 heteroatoms. The fourth-order valence-corrected chi connectivity index (χ4v) is 0. The standard InChI is InChI=1S/Ba.FH.2H2O.Zr.2H/h;1H;2*1H2;;;/q+2;;;;;2*-1. The summed E-state index contributed by atoms with van der Waals surface area (Å²) in [5, 5.41) is 0. The molecule has 0 saturated carbocycles. The Morgan fingerprint density at radius 1 is 1.00 bits per heavy atom. The van der Waals surface area contributed by atoms with Gasteiger partial charge in [0.25, 0.3) is 0 Å². The van der Waals surface area contributed by atoms with E-state index in [2.05, 4.69) is 0 Å². The monoisotopic (exact) mass is 286 g/mol. The van der Waals surface area contributed by atoms with Crippen LogP contribution in [0.4, 0.5) is 4.70 Å². The molecule has 0 rings (SSSR count). The van der Waals surface area contributed by atoms with Crippen molar-refractivity contribution in [1.82, 2.24) is 0 Å². The van der Waals surface area contributed by atoms with Crippen molar-refractivity contribution in [2.75, 3.05) is 0 Å². The van der Waals surface area contributed by atoms with Gasteiger partial charge in [-0.15, -0.1) is 0 Å².